The number of ether oxygens (including phenoxy) is 1. The van der Waals surface area contributed by atoms with Crippen molar-refractivity contribution < 1.29 is 18.8 Å². The SMILES string of the molecule is N#CCCSc1ccc(/C(=N\O[C@@H]2CCOC2)C(=O)Nc2ncc(F)s2)cc1. The third-order valence-electron chi connectivity index (χ3n) is 3.70. The number of benzene rings is 1. The molecule has 0 bridgehead atoms. The first kappa shape index (κ1) is 20.3. The van der Waals surface area contributed by atoms with Crippen LogP contribution in [0.3, 0.4) is 0 Å². The molecule has 1 aromatic heterocycles. The molecule has 1 N–H and O–H groups in total. The number of amides is 1. The lowest BCUT2D eigenvalue weighted by Gasteiger charge is -2.10. The summed E-state index contributed by atoms with van der Waals surface area (Å²) >= 11 is 2.28. The van der Waals surface area contributed by atoms with Crippen LogP contribution < -0.4 is 5.32 Å². The molecule has 1 atom stereocenters. The van der Waals surface area contributed by atoms with E-state index in [9.17, 15) is 9.18 Å². The molecule has 1 aliphatic heterocycles. The van der Waals surface area contributed by atoms with Crippen LogP contribution in [0.1, 0.15) is 18.4 Å². The number of nitriles is 1. The smallest absolute Gasteiger partial charge is 0.280 e. The van der Waals surface area contributed by atoms with Gasteiger partial charge in [0.05, 0.1) is 25.5 Å². The number of thioether (sulfide) groups is 1. The molecule has 0 aliphatic carbocycles. The maximum atomic E-state index is 13.1. The summed E-state index contributed by atoms with van der Waals surface area (Å²) < 4.78 is 18.4. The number of hydrogen-bond acceptors (Lipinski definition) is 8. The quantitative estimate of drug-likeness (QED) is 0.304. The second-order valence-electron chi connectivity index (χ2n) is 5.74. The van der Waals surface area contributed by atoms with E-state index in [1.54, 1.807) is 23.9 Å². The van der Waals surface area contributed by atoms with Crippen LogP contribution in [0.15, 0.2) is 40.5 Å². The van der Waals surface area contributed by atoms with E-state index in [-0.39, 0.29) is 16.9 Å². The first-order valence-electron chi connectivity index (χ1n) is 8.50. The van der Waals surface area contributed by atoms with E-state index in [1.807, 2.05) is 12.1 Å². The minimum Gasteiger partial charge on any atom is -0.389 e. The molecule has 28 heavy (non-hydrogen) atoms. The van der Waals surface area contributed by atoms with Gasteiger partial charge in [-0.3, -0.25) is 10.1 Å². The van der Waals surface area contributed by atoms with Crippen LogP contribution in [-0.2, 0) is 14.4 Å². The van der Waals surface area contributed by atoms with Crippen LogP contribution in [0.5, 0.6) is 0 Å². The van der Waals surface area contributed by atoms with E-state index in [2.05, 4.69) is 21.5 Å². The van der Waals surface area contributed by atoms with Crippen molar-refractivity contribution >= 4 is 39.8 Å². The highest BCUT2D eigenvalue weighted by Crippen LogP contribution is 2.21. The molecule has 2 heterocycles. The minimum atomic E-state index is -0.543. The van der Waals surface area contributed by atoms with Crippen molar-refractivity contribution in [3.8, 4) is 6.07 Å². The summed E-state index contributed by atoms with van der Waals surface area (Å²) in [5.41, 5.74) is 0.620. The number of nitrogens with zero attached hydrogens (tertiary/aromatic N) is 3. The molecule has 2 aromatic rings. The zero-order chi connectivity index (χ0) is 19.8. The molecule has 1 amide bonds. The Bertz CT molecular complexity index is 874. The number of rotatable bonds is 8. The van der Waals surface area contributed by atoms with E-state index in [4.69, 9.17) is 14.8 Å². The molecule has 7 nitrogen and oxygen atoms in total. The number of carbonyl (C=O) groups excluding carboxylic acids is 1. The molecule has 0 radical (unpaired) electrons. The molecule has 0 unspecified atom stereocenters. The van der Waals surface area contributed by atoms with Gasteiger partial charge in [0.15, 0.2) is 22.1 Å². The van der Waals surface area contributed by atoms with Gasteiger partial charge < -0.3 is 9.57 Å². The fourth-order valence-corrected chi connectivity index (χ4v) is 3.64. The summed E-state index contributed by atoms with van der Waals surface area (Å²) in [5, 5.41) is 14.8. The van der Waals surface area contributed by atoms with Gasteiger partial charge in [-0.25, -0.2) is 4.98 Å². The van der Waals surface area contributed by atoms with E-state index in [0.29, 0.717) is 37.4 Å². The number of oxime groups is 1. The van der Waals surface area contributed by atoms with Gasteiger partial charge in [-0.2, -0.15) is 9.65 Å². The van der Waals surface area contributed by atoms with Crippen molar-refractivity contribution in [2.45, 2.75) is 23.8 Å². The molecule has 146 valence electrons. The molecule has 1 aliphatic rings. The molecule has 1 fully saturated rings. The predicted octanol–water partition coefficient (Wildman–Crippen LogP) is 3.44. The van der Waals surface area contributed by atoms with Crippen LogP contribution in [0.4, 0.5) is 9.52 Å². The third kappa shape index (κ3) is 5.76. The first-order valence-corrected chi connectivity index (χ1v) is 10.3. The number of nitrogens with one attached hydrogen (secondary N) is 1. The van der Waals surface area contributed by atoms with E-state index in [1.165, 1.54) is 0 Å². The Morgan fingerprint density at radius 1 is 1.50 bits per heavy atom. The Morgan fingerprint density at radius 3 is 2.96 bits per heavy atom. The molecular formula is C18H17FN4O3S2. The van der Waals surface area contributed by atoms with Crippen LogP contribution in [0, 0.1) is 16.5 Å². The average molecular weight is 420 g/mol. The van der Waals surface area contributed by atoms with Crippen molar-refractivity contribution in [2.24, 2.45) is 5.16 Å². The number of anilines is 1. The molecule has 1 aromatic carbocycles. The van der Waals surface area contributed by atoms with Crippen molar-refractivity contribution in [3.05, 3.63) is 41.2 Å². The van der Waals surface area contributed by atoms with Gasteiger partial charge in [-0.15, -0.1) is 11.8 Å². The van der Waals surface area contributed by atoms with Gasteiger partial charge in [-0.05, 0) is 12.1 Å². The summed E-state index contributed by atoms with van der Waals surface area (Å²) in [7, 11) is 0. The Morgan fingerprint density at radius 2 is 2.32 bits per heavy atom. The molecular weight excluding hydrogens is 403 g/mol. The molecule has 0 spiro atoms. The van der Waals surface area contributed by atoms with Crippen LogP contribution >= 0.6 is 23.1 Å². The third-order valence-corrected chi connectivity index (χ3v) is 5.42. The fourth-order valence-electron chi connectivity index (χ4n) is 2.34. The van der Waals surface area contributed by atoms with E-state index in [0.717, 1.165) is 22.4 Å². The van der Waals surface area contributed by atoms with E-state index < -0.39 is 11.0 Å². The standard InChI is InChI=1S/C18H17FN4O3S2/c19-15-10-21-18(28-15)22-17(24)16(23-26-13-6-8-25-11-13)12-2-4-14(5-3-12)27-9-1-7-20/h2-5,10,13H,1,6,8-9,11H2,(H,21,22,24)/b23-16+/t13-/m1/s1. The summed E-state index contributed by atoms with van der Waals surface area (Å²) in [6, 6.07) is 9.31. The van der Waals surface area contributed by atoms with Crippen LogP contribution in [0.2, 0.25) is 0 Å². The van der Waals surface area contributed by atoms with Gasteiger partial charge in [0, 0.05) is 29.1 Å². The highest BCUT2D eigenvalue weighted by molar-refractivity contribution is 7.99. The lowest BCUT2D eigenvalue weighted by molar-refractivity contribution is -0.110. The Hall–Kier alpha value is -2.48. The van der Waals surface area contributed by atoms with Crippen molar-refractivity contribution in [1.29, 1.82) is 5.26 Å². The van der Waals surface area contributed by atoms with Gasteiger partial charge in [0.25, 0.3) is 5.91 Å². The van der Waals surface area contributed by atoms with Gasteiger partial charge in [0.1, 0.15) is 0 Å². The van der Waals surface area contributed by atoms with Crippen LogP contribution in [0.25, 0.3) is 0 Å². The van der Waals surface area contributed by atoms with E-state index >= 15 is 0 Å². The zero-order valence-corrected chi connectivity index (χ0v) is 16.4. The number of thiazole rings is 1. The predicted molar refractivity (Wildman–Crippen MR) is 105 cm³/mol. The second kappa shape index (κ2) is 10.2. The summed E-state index contributed by atoms with van der Waals surface area (Å²) in [6.07, 6.45) is 1.99. The fraction of sp³-hybridized carbons (Fsp3) is 0.333. The molecule has 1 saturated heterocycles. The monoisotopic (exact) mass is 420 g/mol. The molecule has 10 heteroatoms. The number of hydrogen-bond donors (Lipinski definition) is 1. The Kier molecular flexibility index (Phi) is 7.36. The Labute approximate surface area is 169 Å². The molecule has 3 rings (SSSR count). The van der Waals surface area contributed by atoms with Crippen molar-refractivity contribution in [3.63, 3.8) is 0 Å². The van der Waals surface area contributed by atoms with Gasteiger partial charge in [0.2, 0.25) is 0 Å². The average Bonchev–Trinajstić information content (AvgIpc) is 3.35. The minimum absolute atomic E-state index is 0.0658. The van der Waals surface area contributed by atoms with Crippen molar-refractivity contribution in [1.82, 2.24) is 4.98 Å². The number of halogens is 1. The normalized spacial score (nSPS) is 16.6. The summed E-state index contributed by atoms with van der Waals surface area (Å²) in [5.74, 6) is 0.149. The lowest BCUT2D eigenvalue weighted by Crippen LogP contribution is -2.25. The molecule has 0 saturated carbocycles. The van der Waals surface area contributed by atoms with Gasteiger partial charge in [-0.1, -0.05) is 28.6 Å². The maximum Gasteiger partial charge on any atom is 0.280 e. The van der Waals surface area contributed by atoms with Crippen LogP contribution in [-0.4, -0.2) is 41.7 Å². The first-order chi connectivity index (χ1) is 13.7. The topological polar surface area (TPSA) is 96.6 Å². The van der Waals surface area contributed by atoms with Crippen molar-refractivity contribution in [2.75, 3.05) is 24.3 Å². The maximum absolute atomic E-state index is 13.1. The van der Waals surface area contributed by atoms with Gasteiger partial charge >= 0.3 is 0 Å². The largest absolute Gasteiger partial charge is 0.389 e. The second-order valence-corrected chi connectivity index (χ2v) is 7.88. The summed E-state index contributed by atoms with van der Waals surface area (Å²) in [4.78, 5) is 22.9. The summed E-state index contributed by atoms with van der Waals surface area (Å²) in [6.45, 7) is 1.01. The highest BCUT2D eigenvalue weighted by atomic mass is 32.2. The zero-order valence-electron chi connectivity index (χ0n) is 14.8. The lowest BCUT2D eigenvalue weighted by atomic mass is 10.1. The highest BCUT2D eigenvalue weighted by Gasteiger charge is 2.21. The number of carbonyl (C=O) groups is 1. The Balaban J connectivity index is 1.75. The number of aromatic nitrogens is 1.